The standard InChI is InChI=1S/C11H15BrN2O2S/c1-8-2-3-10(12)11(6-8)17(15,16)14-9-4-5-13-7-9/h2-3,6,9,13-14H,4-5,7H2,1H3/t9-/m0/s1. The molecule has 0 amide bonds. The van der Waals surface area contributed by atoms with Crippen molar-refractivity contribution < 1.29 is 8.42 Å². The van der Waals surface area contributed by atoms with Crippen molar-refractivity contribution in [3.8, 4) is 0 Å². The third-order valence-electron chi connectivity index (χ3n) is 2.76. The average Bonchev–Trinajstić information content (AvgIpc) is 2.73. The molecule has 0 radical (unpaired) electrons. The number of halogens is 1. The molecule has 0 spiro atoms. The molecule has 1 heterocycles. The van der Waals surface area contributed by atoms with E-state index in [2.05, 4.69) is 26.0 Å². The zero-order valence-corrected chi connectivity index (χ0v) is 11.9. The zero-order chi connectivity index (χ0) is 12.5. The van der Waals surface area contributed by atoms with Gasteiger partial charge in [0.25, 0.3) is 0 Å². The van der Waals surface area contributed by atoms with Crippen LogP contribution in [-0.2, 0) is 10.0 Å². The third-order valence-corrected chi connectivity index (χ3v) is 5.27. The van der Waals surface area contributed by atoms with Gasteiger partial charge in [-0.2, -0.15) is 0 Å². The SMILES string of the molecule is Cc1ccc(Br)c(S(=O)(=O)N[C@H]2CCNC2)c1. The highest BCUT2D eigenvalue weighted by molar-refractivity contribution is 9.10. The normalized spacial score (nSPS) is 20.7. The Morgan fingerprint density at radius 1 is 1.47 bits per heavy atom. The average molecular weight is 319 g/mol. The molecule has 0 unspecified atom stereocenters. The summed E-state index contributed by atoms with van der Waals surface area (Å²) in [5, 5.41) is 3.13. The summed E-state index contributed by atoms with van der Waals surface area (Å²) in [5.74, 6) is 0. The smallest absolute Gasteiger partial charge is 0.241 e. The number of sulfonamides is 1. The van der Waals surface area contributed by atoms with Crippen LogP contribution in [-0.4, -0.2) is 27.5 Å². The minimum atomic E-state index is -3.43. The lowest BCUT2D eigenvalue weighted by atomic mass is 10.2. The minimum absolute atomic E-state index is 0.00703. The quantitative estimate of drug-likeness (QED) is 0.885. The first-order valence-corrected chi connectivity index (χ1v) is 7.76. The van der Waals surface area contributed by atoms with Crippen LogP contribution in [0.4, 0.5) is 0 Å². The summed E-state index contributed by atoms with van der Waals surface area (Å²) in [4.78, 5) is 0.310. The van der Waals surface area contributed by atoms with Crippen molar-refractivity contribution in [1.82, 2.24) is 10.0 Å². The van der Waals surface area contributed by atoms with Gasteiger partial charge in [0.1, 0.15) is 0 Å². The highest BCUT2D eigenvalue weighted by Crippen LogP contribution is 2.23. The monoisotopic (exact) mass is 318 g/mol. The fourth-order valence-electron chi connectivity index (χ4n) is 1.85. The largest absolute Gasteiger partial charge is 0.315 e. The number of hydrogen-bond acceptors (Lipinski definition) is 3. The van der Waals surface area contributed by atoms with E-state index in [9.17, 15) is 8.42 Å². The van der Waals surface area contributed by atoms with Crippen molar-refractivity contribution in [3.05, 3.63) is 28.2 Å². The van der Waals surface area contributed by atoms with Crippen molar-refractivity contribution in [1.29, 1.82) is 0 Å². The molecule has 17 heavy (non-hydrogen) atoms. The highest BCUT2D eigenvalue weighted by atomic mass is 79.9. The van der Waals surface area contributed by atoms with Crippen molar-refractivity contribution in [2.45, 2.75) is 24.3 Å². The summed E-state index contributed by atoms with van der Waals surface area (Å²) in [6.07, 6.45) is 0.836. The number of hydrogen-bond donors (Lipinski definition) is 2. The van der Waals surface area contributed by atoms with Gasteiger partial charge in [0.15, 0.2) is 0 Å². The summed E-state index contributed by atoms with van der Waals surface area (Å²) in [7, 11) is -3.43. The van der Waals surface area contributed by atoms with E-state index in [0.29, 0.717) is 15.9 Å². The molecule has 1 aliphatic rings. The second-order valence-electron chi connectivity index (χ2n) is 4.24. The highest BCUT2D eigenvalue weighted by Gasteiger charge is 2.24. The lowest BCUT2D eigenvalue weighted by molar-refractivity contribution is 0.559. The van der Waals surface area contributed by atoms with E-state index in [0.717, 1.165) is 18.5 Å². The van der Waals surface area contributed by atoms with E-state index in [1.54, 1.807) is 12.1 Å². The van der Waals surface area contributed by atoms with Gasteiger partial charge in [0.2, 0.25) is 10.0 Å². The third kappa shape index (κ3) is 3.07. The van der Waals surface area contributed by atoms with Crippen molar-refractivity contribution in [2.75, 3.05) is 13.1 Å². The maximum Gasteiger partial charge on any atom is 0.241 e. The number of benzene rings is 1. The predicted molar refractivity (Wildman–Crippen MR) is 70.5 cm³/mol. The Labute approximate surface area is 110 Å². The van der Waals surface area contributed by atoms with Crippen LogP contribution >= 0.6 is 15.9 Å². The van der Waals surface area contributed by atoms with Crippen LogP contribution in [0.15, 0.2) is 27.6 Å². The molecule has 94 valence electrons. The summed E-state index contributed by atoms with van der Waals surface area (Å²) in [5.41, 5.74) is 0.929. The van der Waals surface area contributed by atoms with E-state index in [1.165, 1.54) is 0 Å². The van der Waals surface area contributed by atoms with E-state index < -0.39 is 10.0 Å². The topological polar surface area (TPSA) is 58.2 Å². The predicted octanol–water partition coefficient (Wildman–Crippen LogP) is 1.40. The van der Waals surface area contributed by atoms with Crippen LogP contribution in [0.2, 0.25) is 0 Å². The molecule has 2 rings (SSSR count). The van der Waals surface area contributed by atoms with Gasteiger partial charge in [-0.25, -0.2) is 13.1 Å². The van der Waals surface area contributed by atoms with Crippen LogP contribution in [0.25, 0.3) is 0 Å². The Hall–Kier alpha value is -0.430. The Balaban J connectivity index is 2.27. The van der Waals surface area contributed by atoms with Crippen molar-refractivity contribution in [2.24, 2.45) is 0 Å². The summed E-state index contributed by atoms with van der Waals surface area (Å²) in [6.45, 7) is 3.44. The molecule has 1 saturated heterocycles. The van der Waals surface area contributed by atoms with Gasteiger partial charge in [0.05, 0.1) is 4.90 Å². The molecule has 1 aromatic carbocycles. The second kappa shape index (κ2) is 5.06. The Kier molecular flexibility index (Phi) is 3.87. The summed E-state index contributed by atoms with van der Waals surface area (Å²) in [6, 6.07) is 5.30. The van der Waals surface area contributed by atoms with Gasteiger partial charge in [-0.05, 0) is 53.5 Å². The molecule has 6 heteroatoms. The molecule has 1 aliphatic heterocycles. The van der Waals surface area contributed by atoms with E-state index in [1.807, 2.05) is 13.0 Å². The van der Waals surface area contributed by atoms with Crippen molar-refractivity contribution >= 4 is 26.0 Å². The minimum Gasteiger partial charge on any atom is -0.315 e. The lowest BCUT2D eigenvalue weighted by Gasteiger charge is -2.13. The van der Waals surface area contributed by atoms with Crippen LogP contribution in [0.3, 0.4) is 0 Å². The summed E-state index contributed by atoms with van der Waals surface area (Å²) >= 11 is 3.28. The first-order valence-electron chi connectivity index (χ1n) is 5.48. The van der Waals surface area contributed by atoms with Gasteiger partial charge in [-0.1, -0.05) is 6.07 Å². The first-order chi connectivity index (χ1) is 7.99. The van der Waals surface area contributed by atoms with Gasteiger partial charge >= 0.3 is 0 Å². The molecular formula is C11H15BrN2O2S. The van der Waals surface area contributed by atoms with E-state index in [4.69, 9.17) is 0 Å². The van der Waals surface area contributed by atoms with Gasteiger partial charge in [-0.15, -0.1) is 0 Å². The van der Waals surface area contributed by atoms with E-state index in [-0.39, 0.29) is 6.04 Å². The number of aryl methyl sites for hydroxylation is 1. The van der Waals surface area contributed by atoms with Crippen LogP contribution in [0.1, 0.15) is 12.0 Å². The van der Waals surface area contributed by atoms with Gasteiger partial charge < -0.3 is 5.32 Å². The molecule has 0 aliphatic carbocycles. The van der Waals surface area contributed by atoms with E-state index >= 15 is 0 Å². The van der Waals surface area contributed by atoms with Gasteiger partial charge in [-0.3, -0.25) is 0 Å². The molecule has 0 bridgehead atoms. The maximum absolute atomic E-state index is 12.2. The molecule has 1 fully saturated rings. The Bertz CT molecular complexity index is 510. The molecule has 1 atom stereocenters. The Morgan fingerprint density at radius 2 is 2.24 bits per heavy atom. The molecular weight excluding hydrogens is 304 g/mol. The van der Waals surface area contributed by atoms with Crippen molar-refractivity contribution in [3.63, 3.8) is 0 Å². The number of nitrogens with one attached hydrogen (secondary N) is 2. The fourth-order valence-corrected chi connectivity index (χ4v) is 4.17. The lowest BCUT2D eigenvalue weighted by Crippen LogP contribution is -2.36. The summed E-state index contributed by atoms with van der Waals surface area (Å²) < 4.78 is 27.7. The zero-order valence-electron chi connectivity index (χ0n) is 9.53. The van der Waals surface area contributed by atoms with Crippen LogP contribution in [0.5, 0.6) is 0 Å². The van der Waals surface area contributed by atoms with Gasteiger partial charge in [0, 0.05) is 17.1 Å². The molecule has 4 nitrogen and oxygen atoms in total. The number of rotatable bonds is 3. The maximum atomic E-state index is 12.2. The molecule has 0 aromatic heterocycles. The molecule has 1 aromatic rings. The van der Waals surface area contributed by atoms with Crippen LogP contribution in [0, 0.1) is 6.92 Å². The molecule has 2 N–H and O–H groups in total. The Morgan fingerprint density at radius 3 is 2.88 bits per heavy atom. The fraction of sp³-hybridized carbons (Fsp3) is 0.455. The first kappa shape index (κ1) is 13.0. The molecule has 0 saturated carbocycles. The second-order valence-corrected chi connectivity index (χ2v) is 6.78. The van der Waals surface area contributed by atoms with Crippen LogP contribution < -0.4 is 10.0 Å².